The zero-order valence-corrected chi connectivity index (χ0v) is 15.0. The molecule has 2 nitrogen and oxygen atoms in total. The fourth-order valence-corrected chi connectivity index (χ4v) is 4.17. The van der Waals surface area contributed by atoms with E-state index in [1.807, 2.05) is 12.1 Å². The van der Waals surface area contributed by atoms with E-state index in [0.717, 1.165) is 18.1 Å². The van der Waals surface area contributed by atoms with Gasteiger partial charge in [-0.3, -0.25) is 0 Å². The summed E-state index contributed by atoms with van der Waals surface area (Å²) in [5.41, 5.74) is 5.21. The summed E-state index contributed by atoms with van der Waals surface area (Å²) in [6.45, 7) is 5.35. The normalized spacial score (nSPS) is 25.8. The van der Waals surface area contributed by atoms with Crippen molar-refractivity contribution in [2.24, 2.45) is 5.92 Å². The summed E-state index contributed by atoms with van der Waals surface area (Å²) in [6.07, 6.45) is 2.51. The van der Waals surface area contributed by atoms with Crippen LogP contribution in [0.1, 0.15) is 61.4 Å². The number of anilines is 1. The van der Waals surface area contributed by atoms with Crippen molar-refractivity contribution in [1.82, 2.24) is 0 Å². The molecule has 0 bridgehead atoms. The maximum absolute atomic E-state index is 6.25. The van der Waals surface area contributed by atoms with E-state index in [9.17, 15) is 0 Å². The second-order valence-corrected chi connectivity index (χ2v) is 7.71. The molecule has 0 amide bonds. The molecule has 24 heavy (non-hydrogen) atoms. The average molecular weight is 342 g/mol. The Morgan fingerprint density at radius 3 is 2.67 bits per heavy atom. The number of halogens is 1. The van der Waals surface area contributed by atoms with Crippen LogP contribution in [-0.2, 0) is 4.74 Å². The van der Waals surface area contributed by atoms with Crippen molar-refractivity contribution in [3.05, 3.63) is 64.2 Å². The maximum Gasteiger partial charge on any atom is 0.0895 e. The first-order valence-corrected chi connectivity index (χ1v) is 9.29. The Morgan fingerprint density at radius 1 is 1.12 bits per heavy atom. The summed E-state index contributed by atoms with van der Waals surface area (Å²) in [7, 11) is 0. The van der Waals surface area contributed by atoms with Gasteiger partial charge in [0.25, 0.3) is 0 Å². The molecule has 3 atom stereocenters. The first-order valence-electron chi connectivity index (χ1n) is 8.91. The SMILES string of the molecule is CC(C)c1ccc2c(c1)C1OCCCC1C(c1ccc(Cl)cc1)N2. The quantitative estimate of drug-likeness (QED) is 0.712. The third-order valence-corrected chi connectivity index (χ3v) is 5.64. The Labute approximate surface area is 149 Å². The van der Waals surface area contributed by atoms with Crippen molar-refractivity contribution < 1.29 is 4.74 Å². The Morgan fingerprint density at radius 2 is 1.92 bits per heavy atom. The molecule has 1 N–H and O–H groups in total. The molecular weight excluding hydrogens is 318 g/mol. The van der Waals surface area contributed by atoms with Gasteiger partial charge in [-0.1, -0.05) is 49.7 Å². The van der Waals surface area contributed by atoms with E-state index in [2.05, 4.69) is 49.5 Å². The lowest BCUT2D eigenvalue weighted by molar-refractivity contribution is -0.0381. The number of benzene rings is 2. The molecule has 3 heteroatoms. The van der Waals surface area contributed by atoms with Gasteiger partial charge in [0.1, 0.15) is 0 Å². The first-order chi connectivity index (χ1) is 11.6. The molecule has 126 valence electrons. The third kappa shape index (κ3) is 2.82. The highest BCUT2D eigenvalue weighted by molar-refractivity contribution is 6.30. The molecule has 2 aromatic carbocycles. The molecule has 3 unspecified atom stereocenters. The van der Waals surface area contributed by atoms with Crippen molar-refractivity contribution >= 4 is 17.3 Å². The van der Waals surface area contributed by atoms with Crippen LogP contribution in [0.2, 0.25) is 5.02 Å². The minimum absolute atomic E-state index is 0.189. The maximum atomic E-state index is 6.25. The summed E-state index contributed by atoms with van der Waals surface area (Å²) in [6, 6.07) is 15.3. The summed E-state index contributed by atoms with van der Waals surface area (Å²) < 4.78 is 6.25. The molecule has 0 aromatic heterocycles. The molecule has 4 rings (SSSR count). The van der Waals surface area contributed by atoms with E-state index in [-0.39, 0.29) is 12.1 Å². The van der Waals surface area contributed by atoms with E-state index < -0.39 is 0 Å². The lowest BCUT2D eigenvalue weighted by Crippen LogP contribution is -2.36. The zero-order valence-electron chi connectivity index (χ0n) is 14.3. The zero-order chi connectivity index (χ0) is 16.7. The number of hydrogen-bond acceptors (Lipinski definition) is 2. The number of nitrogens with one attached hydrogen (secondary N) is 1. The molecule has 2 aromatic rings. The Balaban J connectivity index is 1.75. The lowest BCUT2D eigenvalue weighted by Gasteiger charge is -2.43. The van der Waals surface area contributed by atoms with E-state index in [1.54, 1.807) is 0 Å². The van der Waals surface area contributed by atoms with Gasteiger partial charge in [-0.2, -0.15) is 0 Å². The smallest absolute Gasteiger partial charge is 0.0895 e. The predicted molar refractivity (Wildman–Crippen MR) is 99.8 cm³/mol. The summed E-state index contributed by atoms with van der Waals surface area (Å²) in [5, 5.41) is 4.56. The van der Waals surface area contributed by atoms with Crippen LogP contribution in [0.4, 0.5) is 5.69 Å². The van der Waals surface area contributed by atoms with Crippen LogP contribution in [0.5, 0.6) is 0 Å². The largest absolute Gasteiger partial charge is 0.378 e. The van der Waals surface area contributed by atoms with E-state index in [1.165, 1.54) is 28.8 Å². The molecule has 0 radical (unpaired) electrons. The van der Waals surface area contributed by atoms with Crippen LogP contribution in [0, 0.1) is 5.92 Å². The van der Waals surface area contributed by atoms with Gasteiger partial charge in [-0.25, -0.2) is 0 Å². The predicted octanol–water partition coefficient (Wildman–Crippen LogP) is 6.10. The van der Waals surface area contributed by atoms with Crippen LogP contribution in [0.25, 0.3) is 0 Å². The van der Waals surface area contributed by atoms with Crippen molar-refractivity contribution in [2.75, 3.05) is 11.9 Å². The highest BCUT2D eigenvalue weighted by atomic mass is 35.5. The lowest BCUT2D eigenvalue weighted by atomic mass is 9.77. The monoisotopic (exact) mass is 341 g/mol. The summed E-state index contributed by atoms with van der Waals surface area (Å²) >= 11 is 6.07. The molecule has 1 saturated heterocycles. The van der Waals surface area contributed by atoms with Crippen LogP contribution in [0.3, 0.4) is 0 Å². The molecule has 1 fully saturated rings. The van der Waals surface area contributed by atoms with Gasteiger partial charge in [0.05, 0.1) is 12.1 Å². The van der Waals surface area contributed by atoms with Crippen molar-refractivity contribution in [3.8, 4) is 0 Å². The van der Waals surface area contributed by atoms with Gasteiger partial charge < -0.3 is 10.1 Å². The van der Waals surface area contributed by atoms with Crippen LogP contribution in [0.15, 0.2) is 42.5 Å². The van der Waals surface area contributed by atoms with Crippen LogP contribution >= 0.6 is 11.6 Å². The van der Waals surface area contributed by atoms with E-state index >= 15 is 0 Å². The topological polar surface area (TPSA) is 21.3 Å². The molecule has 0 aliphatic carbocycles. The van der Waals surface area contributed by atoms with Crippen LogP contribution < -0.4 is 5.32 Å². The fourth-order valence-electron chi connectivity index (χ4n) is 4.05. The third-order valence-electron chi connectivity index (χ3n) is 5.39. The molecule has 2 heterocycles. The molecule has 0 spiro atoms. The van der Waals surface area contributed by atoms with Crippen molar-refractivity contribution in [3.63, 3.8) is 0 Å². The van der Waals surface area contributed by atoms with Gasteiger partial charge in [-0.05, 0) is 48.1 Å². The van der Waals surface area contributed by atoms with E-state index in [0.29, 0.717) is 11.8 Å². The Bertz CT molecular complexity index is 725. The first kappa shape index (κ1) is 16.0. The second kappa shape index (κ2) is 6.42. The summed E-state index contributed by atoms with van der Waals surface area (Å²) in [5.74, 6) is 1.00. The Hall–Kier alpha value is -1.51. The number of fused-ring (bicyclic) bond motifs is 3. The van der Waals surface area contributed by atoms with Crippen molar-refractivity contribution in [1.29, 1.82) is 0 Å². The number of hydrogen-bond donors (Lipinski definition) is 1. The fraction of sp³-hybridized carbons (Fsp3) is 0.429. The summed E-state index contributed by atoms with van der Waals surface area (Å²) in [4.78, 5) is 0. The molecule has 2 aliphatic rings. The van der Waals surface area contributed by atoms with Gasteiger partial charge in [-0.15, -0.1) is 0 Å². The highest BCUT2D eigenvalue weighted by Gasteiger charge is 2.39. The molecule has 2 aliphatic heterocycles. The van der Waals surface area contributed by atoms with Gasteiger partial charge >= 0.3 is 0 Å². The average Bonchev–Trinajstić information content (AvgIpc) is 2.61. The van der Waals surface area contributed by atoms with Gasteiger partial charge in [0, 0.05) is 28.8 Å². The number of ether oxygens (including phenoxy) is 1. The Kier molecular flexibility index (Phi) is 4.28. The van der Waals surface area contributed by atoms with Gasteiger partial charge in [0.2, 0.25) is 0 Å². The van der Waals surface area contributed by atoms with E-state index in [4.69, 9.17) is 16.3 Å². The van der Waals surface area contributed by atoms with Crippen molar-refractivity contribution in [2.45, 2.75) is 44.8 Å². The van der Waals surface area contributed by atoms with Gasteiger partial charge in [0.15, 0.2) is 0 Å². The molecule has 0 saturated carbocycles. The second-order valence-electron chi connectivity index (χ2n) is 7.27. The standard InChI is InChI=1S/C21H24ClNO/c1-13(2)15-7-10-19-18(12-15)21-17(4-3-11-24-21)20(23-19)14-5-8-16(22)9-6-14/h5-10,12-13,17,20-21,23H,3-4,11H2,1-2H3. The minimum Gasteiger partial charge on any atom is -0.378 e. The van der Waals surface area contributed by atoms with Crippen LogP contribution in [-0.4, -0.2) is 6.61 Å². The highest BCUT2D eigenvalue weighted by Crippen LogP contribution is 2.49. The minimum atomic E-state index is 0.189. The number of rotatable bonds is 2. The molecular formula is C21H24ClNO.